The van der Waals surface area contributed by atoms with Gasteiger partial charge >= 0.3 is 0 Å². The molecule has 0 aliphatic heterocycles. The van der Waals surface area contributed by atoms with Gasteiger partial charge in [-0.3, -0.25) is 4.79 Å². The van der Waals surface area contributed by atoms with Crippen LogP contribution in [0.2, 0.25) is 0 Å². The lowest BCUT2D eigenvalue weighted by Crippen LogP contribution is -2.49. The topological polar surface area (TPSA) is 50.4 Å². The monoisotopic (exact) mass is 214 g/mol. The summed E-state index contributed by atoms with van der Waals surface area (Å²) in [6.45, 7) is 4.51. The van der Waals surface area contributed by atoms with Crippen LogP contribution in [0.4, 0.5) is 0 Å². The molecule has 1 rings (SSSR count). The minimum Gasteiger partial charge on any atom is -0.380 e. The number of ether oxygens (including phenoxy) is 1. The summed E-state index contributed by atoms with van der Waals surface area (Å²) in [4.78, 5) is 11.5. The van der Waals surface area contributed by atoms with Crippen molar-refractivity contribution in [3.05, 3.63) is 0 Å². The highest BCUT2D eigenvalue weighted by atomic mass is 16.5. The zero-order valence-electron chi connectivity index (χ0n) is 9.88. The van der Waals surface area contributed by atoms with Crippen LogP contribution in [0.3, 0.4) is 0 Å². The average molecular weight is 214 g/mol. The van der Waals surface area contributed by atoms with Crippen LogP contribution < -0.4 is 10.6 Å². The fourth-order valence-electron chi connectivity index (χ4n) is 2.12. The molecule has 4 heteroatoms. The smallest absolute Gasteiger partial charge is 0.236 e. The molecule has 2 N–H and O–H groups in total. The fourth-order valence-corrected chi connectivity index (χ4v) is 2.12. The Bertz CT molecular complexity index is 209. The molecule has 88 valence electrons. The van der Waals surface area contributed by atoms with E-state index in [4.69, 9.17) is 4.74 Å². The molecule has 0 heterocycles. The Hall–Kier alpha value is -0.610. The first-order valence-corrected chi connectivity index (χ1v) is 5.75. The van der Waals surface area contributed by atoms with Crippen molar-refractivity contribution in [3.63, 3.8) is 0 Å². The Kier molecular flexibility index (Phi) is 5.05. The zero-order chi connectivity index (χ0) is 11.3. The lowest BCUT2D eigenvalue weighted by Gasteiger charge is -2.23. The number of carbonyl (C=O) groups excluding carboxylic acids is 1. The normalized spacial score (nSPS) is 27.7. The Morgan fingerprint density at radius 2 is 2.27 bits per heavy atom. The van der Waals surface area contributed by atoms with E-state index in [1.165, 1.54) is 6.42 Å². The first kappa shape index (κ1) is 12.5. The van der Waals surface area contributed by atoms with Gasteiger partial charge in [-0.15, -0.1) is 0 Å². The SMILES string of the molecule is CCNC(=O)C(C)NC1CCCC1OC. The van der Waals surface area contributed by atoms with Gasteiger partial charge in [-0.1, -0.05) is 0 Å². The molecule has 4 nitrogen and oxygen atoms in total. The van der Waals surface area contributed by atoms with Crippen LogP contribution in [-0.2, 0) is 9.53 Å². The summed E-state index contributed by atoms with van der Waals surface area (Å²) in [6, 6.07) is 0.193. The number of likely N-dealkylation sites (N-methyl/N-ethyl adjacent to an activating group) is 1. The van der Waals surface area contributed by atoms with Gasteiger partial charge < -0.3 is 15.4 Å². The summed E-state index contributed by atoms with van der Waals surface area (Å²) in [6.07, 6.45) is 3.64. The van der Waals surface area contributed by atoms with Gasteiger partial charge in [-0.25, -0.2) is 0 Å². The quantitative estimate of drug-likeness (QED) is 0.707. The molecule has 1 aliphatic rings. The molecule has 0 aromatic rings. The second-order valence-corrected chi connectivity index (χ2v) is 4.09. The largest absolute Gasteiger partial charge is 0.380 e. The summed E-state index contributed by atoms with van der Waals surface area (Å²) in [5.74, 6) is 0.0688. The third-order valence-corrected chi connectivity index (χ3v) is 2.96. The van der Waals surface area contributed by atoms with Gasteiger partial charge in [0.2, 0.25) is 5.91 Å². The molecule has 1 aliphatic carbocycles. The fraction of sp³-hybridized carbons (Fsp3) is 0.909. The summed E-state index contributed by atoms with van der Waals surface area (Å²) in [7, 11) is 1.74. The molecule has 3 unspecified atom stereocenters. The van der Waals surface area contributed by atoms with E-state index in [9.17, 15) is 4.79 Å². The molecule has 0 aromatic heterocycles. The highest BCUT2D eigenvalue weighted by molar-refractivity contribution is 5.81. The van der Waals surface area contributed by atoms with Gasteiger partial charge in [0.25, 0.3) is 0 Å². The van der Waals surface area contributed by atoms with E-state index >= 15 is 0 Å². The van der Waals surface area contributed by atoms with Crippen molar-refractivity contribution in [2.75, 3.05) is 13.7 Å². The molecule has 0 saturated heterocycles. The van der Waals surface area contributed by atoms with Gasteiger partial charge in [0.05, 0.1) is 12.1 Å². The molecule has 0 spiro atoms. The van der Waals surface area contributed by atoms with Gasteiger partial charge in [0.15, 0.2) is 0 Å². The number of nitrogens with one attached hydrogen (secondary N) is 2. The molecular weight excluding hydrogens is 192 g/mol. The molecule has 0 aromatic carbocycles. The van der Waals surface area contributed by atoms with E-state index < -0.39 is 0 Å². The Morgan fingerprint density at radius 3 is 2.87 bits per heavy atom. The van der Waals surface area contributed by atoms with E-state index in [0.29, 0.717) is 12.6 Å². The second-order valence-electron chi connectivity index (χ2n) is 4.09. The standard InChI is InChI=1S/C11H22N2O2/c1-4-12-11(14)8(2)13-9-6-5-7-10(9)15-3/h8-10,13H,4-7H2,1-3H3,(H,12,14). The summed E-state index contributed by atoms with van der Waals surface area (Å²) in [5, 5.41) is 6.14. The van der Waals surface area contributed by atoms with Gasteiger partial charge in [-0.05, 0) is 33.1 Å². The minimum absolute atomic E-state index is 0.0688. The third-order valence-electron chi connectivity index (χ3n) is 2.96. The van der Waals surface area contributed by atoms with Crippen LogP contribution in [0.25, 0.3) is 0 Å². The minimum atomic E-state index is -0.134. The summed E-state index contributed by atoms with van der Waals surface area (Å²) < 4.78 is 5.37. The number of methoxy groups -OCH3 is 1. The molecule has 1 saturated carbocycles. The van der Waals surface area contributed by atoms with Gasteiger partial charge in [0.1, 0.15) is 0 Å². The first-order chi connectivity index (χ1) is 7.19. The van der Waals surface area contributed by atoms with Crippen molar-refractivity contribution in [2.24, 2.45) is 0 Å². The van der Waals surface area contributed by atoms with E-state index in [0.717, 1.165) is 12.8 Å². The molecule has 0 radical (unpaired) electrons. The second kappa shape index (κ2) is 6.08. The van der Waals surface area contributed by atoms with Crippen LogP contribution in [0.5, 0.6) is 0 Å². The van der Waals surface area contributed by atoms with Crippen molar-refractivity contribution in [1.29, 1.82) is 0 Å². The molecule has 1 amide bonds. The average Bonchev–Trinajstić information content (AvgIpc) is 2.65. The van der Waals surface area contributed by atoms with Gasteiger partial charge in [-0.2, -0.15) is 0 Å². The number of hydrogen-bond acceptors (Lipinski definition) is 3. The highest BCUT2D eigenvalue weighted by Gasteiger charge is 2.29. The predicted octanol–water partition coefficient (Wildman–Crippen LogP) is 0.668. The van der Waals surface area contributed by atoms with Crippen molar-refractivity contribution < 1.29 is 9.53 Å². The van der Waals surface area contributed by atoms with Crippen LogP contribution in [0, 0.1) is 0 Å². The van der Waals surface area contributed by atoms with Crippen molar-refractivity contribution >= 4 is 5.91 Å². The Morgan fingerprint density at radius 1 is 1.53 bits per heavy atom. The lowest BCUT2D eigenvalue weighted by atomic mass is 10.2. The Balaban J connectivity index is 2.36. The predicted molar refractivity (Wildman–Crippen MR) is 59.7 cm³/mol. The lowest BCUT2D eigenvalue weighted by molar-refractivity contribution is -0.123. The number of hydrogen-bond donors (Lipinski definition) is 2. The van der Waals surface area contributed by atoms with E-state index in [-0.39, 0.29) is 18.1 Å². The summed E-state index contributed by atoms with van der Waals surface area (Å²) >= 11 is 0. The van der Waals surface area contributed by atoms with Crippen molar-refractivity contribution in [1.82, 2.24) is 10.6 Å². The maximum atomic E-state index is 11.5. The number of amides is 1. The highest BCUT2D eigenvalue weighted by Crippen LogP contribution is 2.21. The zero-order valence-corrected chi connectivity index (χ0v) is 9.88. The molecule has 3 atom stereocenters. The molecule has 0 bridgehead atoms. The van der Waals surface area contributed by atoms with E-state index in [1.54, 1.807) is 7.11 Å². The van der Waals surface area contributed by atoms with Crippen LogP contribution >= 0.6 is 0 Å². The van der Waals surface area contributed by atoms with Crippen molar-refractivity contribution in [3.8, 4) is 0 Å². The molecule has 1 fully saturated rings. The maximum absolute atomic E-state index is 11.5. The van der Waals surface area contributed by atoms with Crippen LogP contribution in [0.1, 0.15) is 33.1 Å². The molecular formula is C11H22N2O2. The van der Waals surface area contributed by atoms with Gasteiger partial charge in [0, 0.05) is 19.7 Å². The van der Waals surface area contributed by atoms with Crippen LogP contribution in [0.15, 0.2) is 0 Å². The van der Waals surface area contributed by atoms with Crippen molar-refractivity contribution in [2.45, 2.75) is 51.3 Å². The van der Waals surface area contributed by atoms with E-state index in [2.05, 4.69) is 10.6 Å². The Labute approximate surface area is 91.8 Å². The summed E-state index contributed by atoms with van der Waals surface area (Å²) in [5.41, 5.74) is 0. The molecule has 15 heavy (non-hydrogen) atoms. The van der Waals surface area contributed by atoms with Crippen LogP contribution in [-0.4, -0.2) is 37.7 Å². The third kappa shape index (κ3) is 3.47. The van der Waals surface area contributed by atoms with E-state index in [1.807, 2.05) is 13.8 Å². The number of carbonyl (C=O) groups is 1. The maximum Gasteiger partial charge on any atom is 0.236 e. The number of rotatable bonds is 5. The first-order valence-electron chi connectivity index (χ1n) is 5.75.